The number of aromatic nitrogens is 2. The summed E-state index contributed by atoms with van der Waals surface area (Å²) >= 11 is 6.38. The second-order valence-corrected chi connectivity index (χ2v) is 13.5. The number of ketones is 2. The van der Waals surface area contributed by atoms with E-state index in [0.29, 0.717) is 42.1 Å². The van der Waals surface area contributed by atoms with Crippen LogP contribution in [-0.4, -0.2) is 20.7 Å². The second-order valence-electron chi connectivity index (χ2n) is 13.1. The Balaban J connectivity index is 0.000000173. The highest BCUT2D eigenvalue weighted by Gasteiger charge is 2.21. The predicted molar refractivity (Wildman–Crippen MR) is 192 cm³/mol. The summed E-state index contributed by atoms with van der Waals surface area (Å²) in [4.78, 5) is 47.5. The molecule has 2 aromatic heterocycles. The van der Waals surface area contributed by atoms with Crippen LogP contribution in [0.25, 0.3) is 22.3 Å². The summed E-state index contributed by atoms with van der Waals surface area (Å²) in [6.07, 6.45) is 8.26. The van der Waals surface area contributed by atoms with E-state index in [0.717, 1.165) is 63.8 Å². The van der Waals surface area contributed by atoms with Gasteiger partial charge in [-0.1, -0.05) is 60.1 Å². The largest absolute Gasteiger partial charge is 0.318 e. The third kappa shape index (κ3) is 7.04. The fourth-order valence-electron chi connectivity index (χ4n) is 6.92. The first kappa shape index (κ1) is 33.1. The number of benzene rings is 3. The molecule has 5 aromatic rings. The average Bonchev–Trinajstić information content (AvgIpc) is 3.06. The maximum absolute atomic E-state index is 12.1. The first-order valence-electron chi connectivity index (χ1n) is 16.4. The number of rotatable bonds is 4. The van der Waals surface area contributed by atoms with Gasteiger partial charge in [-0.2, -0.15) is 0 Å². The molecule has 7 rings (SSSR count). The molecule has 0 fully saturated rings. The third-order valence-corrected chi connectivity index (χ3v) is 9.77. The topological polar surface area (TPSA) is 78.1 Å². The Bertz CT molecular complexity index is 2140. The maximum Gasteiger partial charge on any atom is 0.253 e. The van der Waals surface area contributed by atoms with Gasteiger partial charge in [0.1, 0.15) is 11.6 Å². The Morgan fingerprint density at radius 1 is 0.604 bits per heavy atom. The smallest absolute Gasteiger partial charge is 0.253 e. The molecule has 2 aliphatic carbocycles. The summed E-state index contributed by atoms with van der Waals surface area (Å²) in [6, 6.07) is 22.6. The highest BCUT2D eigenvalue weighted by molar-refractivity contribution is 6.32. The van der Waals surface area contributed by atoms with Crippen molar-refractivity contribution in [1.29, 1.82) is 0 Å². The molecule has 3 aromatic carbocycles. The minimum absolute atomic E-state index is 0.00187. The zero-order valence-corrected chi connectivity index (χ0v) is 28.6. The zero-order valence-electron chi connectivity index (χ0n) is 27.9. The van der Waals surface area contributed by atoms with Crippen molar-refractivity contribution in [2.75, 3.05) is 0 Å². The van der Waals surface area contributed by atoms with E-state index in [-0.39, 0.29) is 16.9 Å². The van der Waals surface area contributed by atoms with Crippen molar-refractivity contribution in [2.24, 2.45) is 14.1 Å². The first-order chi connectivity index (χ1) is 23.0. The van der Waals surface area contributed by atoms with Crippen molar-refractivity contribution in [3.05, 3.63) is 149 Å². The summed E-state index contributed by atoms with van der Waals surface area (Å²) in [5.41, 5.74) is 12.6. The molecular formula is C41H39ClN2O4. The normalized spacial score (nSPS) is 13.8. The number of fused-ring (bicyclic) bond motifs is 2. The number of halogens is 1. The molecule has 0 atom stereocenters. The summed E-state index contributed by atoms with van der Waals surface area (Å²) in [7, 11) is 3.52. The SMILES string of the molecule is Cc1cc(-c2cc(Cl)c3c(c2)CC(=O)CC3)cn(C)c1=O.Cc1cc(-c2cc3c(c(Cc4ccccc4)c2)CCC(=O)C3)cn(C)c1=O. The van der Waals surface area contributed by atoms with E-state index < -0.39 is 0 Å². The van der Waals surface area contributed by atoms with E-state index in [1.54, 1.807) is 36.4 Å². The van der Waals surface area contributed by atoms with Gasteiger partial charge in [-0.3, -0.25) is 19.2 Å². The zero-order chi connectivity index (χ0) is 34.1. The van der Waals surface area contributed by atoms with Gasteiger partial charge in [-0.25, -0.2) is 0 Å². The molecule has 0 saturated heterocycles. The number of carbonyl (C=O) groups excluding carboxylic acids is 2. The van der Waals surface area contributed by atoms with Crippen LogP contribution in [0, 0.1) is 13.8 Å². The Morgan fingerprint density at radius 2 is 1.10 bits per heavy atom. The molecule has 2 aliphatic rings. The number of carbonyl (C=O) groups is 2. The van der Waals surface area contributed by atoms with Gasteiger partial charge in [0.05, 0.1) is 0 Å². The maximum atomic E-state index is 12.1. The number of aryl methyl sites for hydroxylation is 4. The van der Waals surface area contributed by atoms with Crippen LogP contribution in [0.5, 0.6) is 0 Å². The number of hydrogen-bond acceptors (Lipinski definition) is 4. The van der Waals surface area contributed by atoms with Gasteiger partial charge in [-0.15, -0.1) is 0 Å². The van der Waals surface area contributed by atoms with E-state index >= 15 is 0 Å². The van der Waals surface area contributed by atoms with Crippen molar-refractivity contribution in [2.45, 2.75) is 58.8 Å². The van der Waals surface area contributed by atoms with Crippen molar-refractivity contribution in [3.63, 3.8) is 0 Å². The molecule has 0 radical (unpaired) electrons. The van der Waals surface area contributed by atoms with Gasteiger partial charge >= 0.3 is 0 Å². The van der Waals surface area contributed by atoms with E-state index in [2.05, 4.69) is 36.4 Å². The van der Waals surface area contributed by atoms with Gasteiger partial charge in [0, 0.05) is 68.3 Å². The number of pyridine rings is 2. The van der Waals surface area contributed by atoms with Gasteiger partial charge in [0.2, 0.25) is 0 Å². The Hall–Kier alpha value is -4.81. The molecule has 0 amide bonds. The number of hydrogen-bond donors (Lipinski definition) is 0. The lowest BCUT2D eigenvalue weighted by Gasteiger charge is -2.21. The molecule has 0 unspecified atom stereocenters. The standard InChI is InChI=1S/C24H23NO2.C17H16ClNO2/c1-16-10-21(15-25(2)24(16)27)18-12-19(11-17-6-4-3-5-7-17)23-9-8-22(26)14-20(23)13-18;1-10-5-13(9-19(2)17(10)21)11-6-12-7-14(20)3-4-15(12)16(18)8-11/h3-7,10,12-13,15H,8-9,11,14H2,1-2H3;5-6,8-9H,3-4,7H2,1-2H3. The van der Waals surface area contributed by atoms with Crippen LogP contribution in [0.3, 0.4) is 0 Å². The highest BCUT2D eigenvalue weighted by Crippen LogP contribution is 2.33. The van der Waals surface area contributed by atoms with Crippen LogP contribution in [0.4, 0.5) is 0 Å². The van der Waals surface area contributed by atoms with Crippen molar-refractivity contribution < 1.29 is 9.59 Å². The molecule has 0 spiro atoms. The summed E-state index contributed by atoms with van der Waals surface area (Å²) < 4.78 is 3.20. The van der Waals surface area contributed by atoms with Gasteiger partial charge in [0.25, 0.3) is 11.1 Å². The van der Waals surface area contributed by atoms with Crippen LogP contribution in [0.1, 0.15) is 57.3 Å². The molecule has 48 heavy (non-hydrogen) atoms. The number of nitrogens with zero attached hydrogens (tertiary/aromatic N) is 2. The Morgan fingerprint density at radius 3 is 1.65 bits per heavy atom. The summed E-state index contributed by atoms with van der Waals surface area (Å²) in [5.74, 6) is 0.564. The molecule has 0 N–H and O–H groups in total. The van der Waals surface area contributed by atoms with Gasteiger partial charge in [-0.05, 0) is 107 Å². The lowest BCUT2D eigenvalue weighted by molar-refractivity contribution is -0.119. The fraction of sp³-hybridized carbons (Fsp3) is 0.268. The quantitative estimate of drug-likeness (QED) is 0.207. The van der Waals surface area contributed by atoms with E-state index in [4.69, 9.17) is 11.6 Å². The van der Waals surface area contributed by atoms with Crippen LogP contribution in [0.2, 0.25) is 5.02 Å². The van der Waals surface area contributed by atoms with Gasteiger partial charge < -0.3 is 9.13 Å². The molecule has 0 aliphatic heterocycles. The predicted octanol–water partition coefficient (Wildman–Crippen LogP) is 7.08. The molecule has 0 bridgehead atoms. The Kier molecular flexibility index (Phi) is 9.47. The van der Waals surface area contributed by atoms with E-state index in [9.17, 15) is 19.2 Å². The molecular weight excluding hydrogens is 620 g/mol. The molecule has 2 heterocycles. The fourth-order valence-corrected chi connectivity index (χ4v) is 7.25. The van der Waals surface area contributed by atoms with Gasteiger partial charge in [0.15, 0.2) is 0 Å². The first-order valence-corrected chi connectivity index (χ1v) is 16.7. The van der Waals surface area contributed by atoms with Crippen molar-refractivity contribution in [3.8, 4) is 22.3 Å². The second kappa shape index (κ2) is 13.7. The average molecular weight is 659 g/mol. The molecule has 0 saturated carbocycles. The van der Waals surface area contributed by atoms with Crippen molar-refractivity contribution in [1.82, 2.24) is 9.13 Å². The Labute approximate surface area is 285 Å². The van der Waals surface area contributed by atoms with Crippen LogP contribution in [0.15, 0.2) is 88.7 Å². The lowest BCUT2D eigenvalue weighted by atomic mass is 9.83. The molecule has 6 nitrogen and oxygen atoms in total. The minimum atomic E-state index is -0.00187. The summed E-state index contributed by atoms with van der Waals surface area (Å²) in [6.45, 7) is 3.65. The van der Waals surface area contributed by atoms with Crippen LogP contribution >= 0.6 is 11.6 Å². The van der Waals surface area contributed by atoms with Crippen LogP contribution < -0.4 is 11.1 Å². The van der Waals surface area contributed by atoms with Crippen molar-refractivity contribution >= 4 is 23.2 Å². The minimum Gasteiger partial charge on any atom is -0.318 e. The summed E-state index contributed by atoms with van der Waals surface area (Å²) in [5, 5.41) is 0.710. The molecule has 7 heteroatoms. The van der Waals surface area contributed by atoms with Crippen LogP contribution in [-0.2, 0) is 55.8 Å². The monoisotopic (exact) mass is 658 g/mol. The third-order valence-electron chi connectivity index (χ3n) is 9.43. The van der Waals surface area contributed by atoms with E-state index in [1.807, 2.05) is 43.5 Å². The lowest BCUT2D eigenvalue weighted by Crippen LogP contribution is -2.19. The highest BCUT2D eigenvalue weighted by atomic mass is 35.5. The number of Topliss-reactive ketones (excluding diaryl/α,β-unsaturated/α-hetero) is 2. The molecule has 244 valence electrons. The van der Waals surface area contributed by atoms with E-state index in [1.165, 1.54) is 16.7 Å².